The van der Waals surface area contributed by atoms with Gasteiger partial charge in [0.2, 0.25) is 0 Å². The van der Waals surface area contributed by atoms with Gasteiger partial charge in [0.15, 0.2) is 11.4 Å². The maximum Gasteiger partial charge on any atom is 0.182 e. The summed E-state index contributed by atoms with van der Waals surface area (Å²) in [6.45, 7) is 11.8. The van der Waals surface area contributed by atoms with Crippen LogP contribution in [0.4, 0.5) is 0 Å². The monoisotopic (exact) mass is 362 g/mol. The quantitative estimate of drug-likeness (QED) is 0.689. The van der Waals surface area contributed by atoms with Crippen LogP contribution in [0.15, 0.2) is 42.0 Å². The van der Waals surface area contributed by atoms with Crippen LogP contribution in [0.1, 0.15) is 52.7 Å². The maximum absolute atomic E-state index is 12.0. The molecule has 0 aliphatic heterocycles. The van der Waals surface area contributed by atoms with Crippen molar-refractivity contribution in [1.29, 1.82) is 0 Å². The van der Waals surface area contributed by atoms with Crippen molar-refractivity contribution in [2.45, 2.75) is 52.6 Å². The zero-order chi connectivity index (χ0) is 20.5. The van der Waals surface area contributed by atoms with Gasteiger partial charge in [0, 0.05) is 16.7 Å². The predicted octanol–water partition coefficient (Wildman–Crippen LogP) is 3.89. The lowest BCUT2D eigenvalue weighted by Crippen LogP contribution is -2.30. The van der Waals surface area contributed by atoms with Gasteiger partial charge in [0.1, 0.15) is 5.75 Å². The molecular formula is C24H26O3. The number of rotatable bonds is 0. The molecule has 0 saturated carbocycles. The van der Waals surface area contributed by atoms with Crippen LogP contribution in [0.3, 0.4) is 0 Å². The molecule has 2 N–H and O–H groups in total. The molecule has 0 amide bonds. The number of aromatic hydroxyl groups is 1. The van der Waals surface area contributed by atoms with Crippen molar-refractivity contribution in [3.8, 4) is 29.4 Å². The van der Waals surface area contributed by atoms with Gasteiger partial charge in [0.25, 0.3) is 0 Å². The highest BCUT2D eigenvalue weighted by molar-refractivity contribution is 6.06. The summed E-state index contributed by atoms with van der Waals surface area (Å²) in [5.74, 6) is 11.2. The molecule has 3 nitrogen and oxygen atoms in total. The highest BCUT2D eigenvalue weighted by Crippen LogP contribution is 2.32. The van der Waals surface area contributed by atoms with E-state index in [0.717, 1.165) is 11.1 Å². The fourth-order valence-electron chi connectivity index (χ4n) is 2.74. The number of allylic oxidation sites excluding steroid dienone is 2. The Kier molecular flexibility index (Phi) is 5.41. The molecule has 0 spiro atoms. The summed E-state index contributed by atoms with van der Waals surface area (Å²) in [6, 6.07) is 5.19. The number of ketones is 1. The SMILES string of the molecule is CC(C)(C)C1=CC(O)(C#CC#Cc2ccc(O)c(C(C)(C)C)c2)C=CC1=O. The number of benzene rings is 1. The Morgan fingerprint density at radius 2 is 1.67 bits per heavy atom. The lowest BCUT2D eigenvalue weighted by Gasteiger charge is -2.27. The second kappa shape index (κ2) is 7.10. The Morgan fingerprint density at radius 3 is 2.26 bits per heavy atom. The number of carbonyl (C=O) groups excluding carboxylic acids is 1. The van der Waals surface area contributed by atoms with E-state index in [9.17, 15) is 15.0 Å². The molecule has 0 heterocycles. The van der Waals surface area contributed by atoms with Crippen molar-refractivity contribution in [2.24, 2.45) is 5.41 Å². The van der Waals surface area contributed by atoms with E-state index in [1.807, 2.05) is 47.6 Å². The number of hydrogen-bond donors (Lipinski definition) is 2. The van der Waals surface area contributed by atoms with Crippen molar-refractivity contribution in [2.75, 3.05) is 0 Å². The standard InChI is InChI=1S/C24H26O3/c1-22(2,3)18-15-17(10-11-20(18)25)9-7-8-13-24(27)14-12-21(26)19(16-24)23(4,5)6/h10-12,14-16,25,27H,1-6H3. The van der Waals surface area contributed by atoms with Crippen LogP contribution < -0.4 is 0 Å². The van der Waals surface area contributed by atoms with Crippen LogP contribution in [-0.2, 0) is 10.2 Å². The second-order valence-corrected chi connectivity index (χ2v) is 8.81. The molecule has 0 bridgehead atoms. The Hall–Kier alpha value is -2.75. The molecule has 1 atom stereocenters. The van der Waals surface area contributed by atoms with Crippen molar-refractivity contribution >= 4 is 5.78 Å². The van der Waals surface area contributed by atoms with Gasteiger partial charge < -0.3 is 10.2 Å². The van der Waals surface area contributed by atoms with Crippen LogP contribution in [0.2, 0.25) is 0 Å². The van der Waals surface area contributed by atoms with Gasteiger partial charge in [0.05, 0.1) is 0 Å². The molecule has 1 aromatic rings. The molecule has 140 valence electrons. The summed E-state index contributed by atoms with van der Waals surface area (Å²) in [4.78, 5) is 12.0. The van der Waals surface area contributed by atoms with E-state index < -0.39 is 5.60 Å². The molecule has 2 rings (SSSR count). The van der Waals surface area contributed by atoms with Crippen molar-refractivity contribution in [3.63, 3.8) is 0 Å². The van der Waals surface area contributed by atoms with Gasteiger partial charge >= 0.3 is 0 Å². The van der Waals surface area contributed by atoms with Gasteiger partial charge in [-0.2, -0.15) is 0 Å². The summed E-state index contributed by atoms with van der Waals surface area (Å²) in [6.07, 6.45) is 4.25. The molecule has 1 unspecified atom stereocenters. The minimum atomic E-state index is -1.50. The van der Waals surface area contributed by atoms with Crippen LogP contribution in [0.5, 0.6) is 5.75 Å². The lowest BCUT2D eigenvalue weighted by molar-refractivity contribution is -0.112. The van der Waals surface area contributed by atoms with E-state index in [1.165, 1.54) is 18.2 Å². The summed E-state index contributed by atoms with van der Waals surface area (Å²) < 4.78 is 0. The number of carbonyl (C=O) groups is 1. The molecule has 0 fully saturated rings. The largest absolute Gasteiger partial charge is 0.508 e. The Labute approximate surface area is 161 Å². The van der Waals surface area contributed by atoms with Gasteiger partial charge in [-0.25, -0.2) is 0 Å². The molecule has 1 aromatic carbocycles. The highest BCUT2D eigenvalue weighted by Gasteiger charge is 2.31. The van der Waals surface area contributed by atoms with E-state index in [2.05, 4.69) is 23.7 Å². The van der Waals surface area contributed by atoms with E-state index >= 15 is 0 Å². The van der Waals surface area contributed by atoms with Crippen LogP contribution in [0, 0.1) is 29.1 Å². The van der Waals surface area contributed by atoms with Crippen LogP contribution >= 0.6 is 0 Å². The molecule has 0 aromatic heterocycles. The average molecular weight is 362 g/mol. The van der Waals surface area contributed by atoms with E-state index in [1.54, 1.807) is 12.1 Å². The molecule has 27 heavy (non-hydrogen) atoms. The Morgan fingerprint density at radius 1 is 1.00 bits per heavy atom. The van der Waals surface area contributed by atoms with Crippen LogP contribution in [-0.4, -0.2) is 21.6 Å². The molecule has 1 aliphatic rings. The normalized spacial score (nSPS) is 19.5. The molecule has 0 saturated heterocycles. The Balaban J connectivity index is 2.30. The second-order valence-electron chi connectivity index (χ2n) is 8.81. The molecule has 3 heteroatoms. The van der Waals surface area contributed by atoms with Gasteiger partial charge in [-0.05, 0) is 65.0 Å². The third-order valence-electron chi connectivity index (χ3n) is 4.26. The average Bonchev–Trinajstić information content (AvgIpc) is 2.53. The molecule has 1 aliphatic carbocycles. The van der Waals surface area contributed by atoms with Crippen molar-refractivity contribution in [3.05, 3.63) is 53.1 Å². The zero-order valence-corrected chi connectivity index (χ0v) is 16.8. The lowest BCUT2D eigenvalue weighted by atomic mass is 9.78. The smallest absolute Gasteiger partial charge is 0.182 e. The van der Waals surface area contributed by atoms with E-state index in [0.29, 0.717) is 5.57 Å². The first-order valence-electron chi connectivity index (χ1n) is 8.88. The summed E-state index contributed by atoms with van der Waals surface area (Å²) in [5.41, 5.74) is 0.000622. The fourth-order valence-corrected chi connectivity index (χ4v) is 2.74. The summed E-state index contributed by atoms with van der Waals surface area (Å²) >= 11 is 0. The number of phenolic OH excluding ortho intramolecular Hbond substituents is 1. The zero-order valence-electron chi connectivity index (χ0n) is 16.8. The maximum atomic E-state index is 12.0. The number of aliphatic hydroxyl groups is 1. The van der Waals surface area contributed by atoms with E-state index in [4.69, 9.17) is 0 Å². The van der Waals surface area contributed by atoms with Crippen molar-refractivity contribution < 1.29 is 15.0 Å². The summed E-state index contributed by atoms with van der Waals surface area (Å²) in [5, 5.41) is 20.6. The first kappa shape index (κ1) is 20.6. The number of phenols is 1. The molecular weight excluding hydrogens is 336 g/mol. The predicted molar refractivity (Wildman–Crippen MR) is 108 cm³/mol. The van der Waals surface area contributed by atoms with Crippen molar-refractivity contribution in [1.82, 2.24) is 0 Å². The van der Waals surface area contributed by atoms with Gasteiger partial charge in [-0.1, -0.05) is 47.5 Å². The Bertz CT molecular complexity index is 942. The third-order valence-corrected chi connectivity index (χ3v) is 4.26. The third kappa shape index (κ3) is 5.13. The minimum Gasteiger partial charge on any atom is -0.508 e. The van der Waals surface area contributed by atoms with Crippen LogP contribution in [0.25, 0.3) is 0 Å². The summed E-state index contributed by atoms with van der Waals surface area (Å²) in [7, 11) is 0. The molecule has 0 radical (unpaired) electrons. The minimum absolute atomic E-state index is 0.112. The topological polar surface area (TPSA) is 57.5 Å². The first-order valence-corrected chi connectivity index (χ1v) is 8.88. The van der Waals surface area contributed by atoms with Gasteiger partial charge in [-0.15, -0.1) is 0 Å². The highest BCUT2D eigenvalue weighted by atomic mass is 16.3. The first-order chi connectivity index (χ1) is 12.3. The number of hydrogen-bond acceptors (Lipinski definition) is 3. The van der Waals surface area contributed by atoms with E-state index in [-0.39, 0.29) is 22.4 Å². The fraction of sp³-hybridized carbons (Fsp3) is 0.375. The van der Waals surface area contributed by atoms with Gasteiger partial charge in [-0.3, -0.25) is 4.79 Å².